The minimum atomic E-state index is -5.30. The third kappa shape index (κ3) is 11.3. The second-order valence-electron chi connectivity index (χ2n) is 10.7. The van der Waals surface area contributed by atoms with Crippen molar-refractivity contribution in [3.05, 3.63) is 0 Å². The van der Waals surface area contributed by atoms with E-state index in [1.807, 2.05) is 0 Å². The quantitative estimate of drug-likeness (QED) is 0.165. The molecule has 49 heavy (non-hydrogen) atoms. The lowest BCUT2D eigenvalue weighted by Gasteiger charge is -2.47. The molecule has 0 aromatic carbocycles. The summed E-state index contributed by atoms with van der Waals surface area (Å²) >= 11 is 0. The van der Waals surface area contributed by atoms with E-state index in [-0.39, 0.29) is 0 Å². The fraction of sp³-hybridized carbons (Fsp3) is 0.714. The molecule has 276 valence electrons. The molecule has 0 unspecified atom stereocenters. The van der Waals surface area contributed by atoms with Gasteiger partial charge in [-0.05, 0) is 0 Å². The summed E-state index contributed by atoms with van der Waals surface area (Å²) in [6.07, 6.45) is -15.0. The highest BCUT2D eigenvalue weighted by Crippen LogP contribution is 2.38. The van der Waals surface area contributed by atoms with Crippen molar-refractivity contribution in [1.82, 2.24) is 0 Å². The molecule has 0 amide bonds. The van der Waals surface area contributed by atoms with Gasteiger partial charge in [-0.15, -0.1) is 0 Å². The first-order valence-corrected chi connectivity index (χ1v) is 16.1. The van der Waals surface area contributed by atoms with E-state index in [1.54, 1.807) is 0 Å². The summed E-state index contributed by atoms with van der Waals surface area (Å²) < 4.78 is 82.4. The Morgan fingerprint density at radius 3 is 0.898 bits per heavy atom. The van der Waals surface area contributed by atoms with Crippen LogP contribution < -0.4 is 0 Å². The maximum Gasteiger partial charge on any atom is 0.303 e. The summed E-state index contributed by atoms with van der Waals surface area (Å²) in [6, 6.07) is 0. The predicted molar refractivity (Wildman–Crippen MR) is 153 cm³/mol. The van der Waals surface area contributed by atoms with Crippen LogP contribution >= 0.6 is 0 Å². The van der Waals surface area contributed by atoms with Crippen LogP contribution in [0.15, 0.2) is 0 Å². The van der Waals surface area contributed by atoms with E-state index in [2.05, 4.69) is 0 Å². The van der Waals surface area contributed by atoms with Gasteiger partial charge in [0.25, 0.3) is 0 Å². The highest BCUT2D eigenvalue weighted by molar-refractivity contribution is 7.92. The van der Waals surface area contributed by atoms with Crippen molar-refractivity contribution in [2.45, 2.75) is 115 Å². The minimum Gasteiger partial charge on any atom is -0.463 e. The van der Waals surface area contributed by atoms with E-state index in [0.717, 1.165) is 55.4 Å². The maximum absolute atomic E-state index is 14.7. The van der Waals surface area contributed by atoms with Crippen LogP contribution in [0.1, 0.15) is 55.4 Å². The molecule has 0 aromatic rings. The van der Waals surface area contributed by atoms with Gasteiger partial charge >= 0.3 is 47.8 Å². The van der Waals surface area contributed by atoms with Gasteiger partial charge in [0, 0.05) is 55.4 Å². The monoisotopic (exact) mass is 726 g/mol. The highest BCUT2D eigenvalue weighted by atomic mass is 32.2. The molecule has 2 aliphatic rings. The third-order valence-corrected chi connectivity index (χ3v) is 8.60. The largest absolute Gasteiger partial charge is 0.463 e. The van der Waals surface area contributed by atoms with Gasteiger partial charge in [0.1, 0.15) is 25.4 Å². The van der Waals surface area contributed by atoms with Gasteiger partial charge in [0.05, 0.1) is 0 Å². The molecule has 0 aliphatic carbocycles. The van der Waals surface area contributed by atoms with Crippen LogP contribution in [0.4, 0.5) is 0 Å². The van der Waals surface area contributed by atoms with Crippen LogP contribution in [-0.2, 0) is 95.6 Å². The van der Waals surface area contributed by atoms with Crippen molar-refractivity contribution in [1.29, 1.82) is 0 Å². The number of hydrogen-bond donors (Lipinski definition) is 0. The molecule has 2 saturated heterocycles. The number of sulfone groups is 1. The lowest BCUT2D eigenvalue weighted by molar-refractivity contribution is -0.245. The van der Waals surface area contributed by atoms with Crippen LogP contribution in [0.25, 0.3) is 0 Å². The van der Waals surface area contributed by atoms with Crippen LogP contribution in [0, 0.1) is 0 Å². The molecule has 21 heteroatoms. The van der Waals surface area contributed by atoms with E-state index in [9.17, 15) is 46.8 Å². The molecule has 0 N–H and O–H groups in total. The first kappa shape index (κ1) is 40.8. The van der Waals surface area contributed by atoms with Crippen molar-refractivity contribution in [3.63, 3.8) is 0 Å². The number of carbonyl (C=O) groups is 8. The lowest BCUT2D eigenvalue weighted by atomic mass is 9.99. The smallest absolute Gasteiger partial charge is 0.303 e. The van der Waals surface area contributed by atoms with Crippen LogP contribution in [0.5, 0.6) is 0 Å². The first-order chi connectivity index (χ1) is 22.6. The van der Waals surface area contributed by atoms with Crippen molar-refractivity contribution in [2.75, 3.05) is 13.2 Å². The average molecular weight is 727 g/mol. The lowest BCUT2D eigenvalue weighted by Crippen LogP contribution is -2.69. The summed E-state index contributed by atoms with van der Waals surface area (Å²) in [5.41, 5.74) is -4.90. The molecule has 2 fully saturated rings. The molecule has 0 spiro atoms. The molecule has 2 heterocycles. The molecular weight excluding hydrogens is 688 g/mol. The fourth-order valence-electron chi connectivity index (χ4n) is 5.04. The SMILES string of the molecule is CC(=O)OC[C@H]1O[C@@H](S(=O)(=O)[C@@H]2O[C@H](COC(C)=O)[C@@H](OC(C)=O)[C@H](OC(C)=O)[C@H]2OC(C)=O)[C@H](OC(C)=O)[C@@H](OC(C)=O)[C@H]1OC(C)=O. The summed E-state index contributed by atoms with van der Waals surface area (Å²) in [4.78, 5) is 96.6. The van der Waals surface area contributed by atoms with E-state index >= 15 is 0 Å². The van der Waals surface area contributed by atoms with Crippen molar-refractivity contribution in [2.24, 2.45) is 0 Å². The molecule has 2 aliphatic heterocycles. The number of esters is 8. The van der Waals surface area contributed by atoms with Gasteiger partial charge in [0.15, 0.2) is 36.6 Å². The number of hydrogen-bond acceptors (Lipinski definition) is 20. The Morgan fingerprint density at radius 2 is 0.653 bits per heavy atom. The topological polar surface area (TPSA) is 263 Å². The van der Waals surface area contributed by atoms with Crippen molar-refractivity contribution >= 4 is 57.6 Å². The second kappa shape index (κ2) is 17.3. The van der Waals surface area contributed by atoms with Gasteiger partial charge in [0.2, 0.25) is 20.7 Å². The van der Waals surface area contributed by atoms with Gasteiger partial charge in [-0.1, -0.05) is 0 Å². The van der Waals surface area contributed by atoms with E-state index in [1.165, 1.54) is 0 Å². The van der Waals surface area contributed by atoms with E-state index < -0.39 is 131 Å². The molecular formula is C28H38O20S. The zero-order valence-corrected chi connectivity index (χ0v) is 28.6. The summed E-state index contributed by atoms with van der Waals surface area (Å²) in [5, 5.41) is 0. The zero-order valence-electron chi connectivity index (χ0n) is 27.8. The second-order valence-corrected chi connectivity index (χ2v) is 12.8. The average Bonchev–Trinajstić information content (AvgIpc) is 2.93. The number of carbonyl (C=O) groups excluding carboxylic acids is 8. The number of ether oxygens (including phenoxy) is 10. The predicted octanol–water partition coefficient (Wildman–Crippen LogP) is -1.43. The summed E-state index contributed by atoms with van der Waals surface area (Å²) in [6.45, 7) is 5.89. The molecule has 0 aromatic heterocycles. The van der Waals surface area contributed by atoms with Crippen molar-refractivity contribution < 1.29 is 94.1 Å². The Bertz CT molecular complexity index is 1310. The Labute approximate surface area is 280 Å². The summed E-state index contributed by atoms with van der Waals surface area (Å²) in [5.74, 6) is -8.11. The maximum atomic E-state index is 14.7. The Hall–Kier alpha value is -4.37. The van der Waals surface area contributed by atoms with Crippen LogP contribution in [-0.4, -0.2) is 129 Å². The number of rotatable bonds is 12. The standard InChI is InChI=1S/C28H38O20S/c1-11(29)39-9-19-21(41-13(3)31)23(43-15(5)33)25(45-17(7)35)27(47-19)49(37,38)28-26(46-18(8)36)24(44-16(6)34)22(42-14(4)32)20(48-28)10-40-12(2)30/h19-28H,9-10H2,1-8H3/t19-,20-,21-,22+,23+,24+,25-,26-,27+,28+/m1/s1. The molecule has 20 nitrogen and oxygen atoms in total. The third-order valence-electron chi connectivity index (χ3n) is 6.54. The van der Waals surface area contributed by atoms with Crippen LogP contribution in [0.2, 0.25) is 0 Å². The Balaban J connectivity index is 2.87. The van der Waals surface area contributed by atoms with E-state index in [4.69, 9.17) is 47.4 Å². The molecule has 0 saturated carbocycles. The van der Waals surface area contributed by atoms with Gasteiger partial charge in [-0.3, -0.25) is 38.4 Å². The minimum absolute atomic E-state index is 0.789. The normalized spacial score (nSPS) is 29.6. The van der Waals surface area contributed by atoms with Crippen molar-refractivity contribution in [3.8, 4) is 0 Å². The fourth-order valence-corrected chi connectivity index (χ4v) is 7.07. The molecule has 0 radical (unpaired) electrons. The Morgan fingerprint density at radius 1 is 0.408 bits per heavy atom. The molecule has 10 atom stereocenters. The molecule has 0 bridgehead atoms. The van der Waals surface area contributed by atoms with Gasteiger partial charge in [-0.25, -0.2) is 8.42 Å². The zero-order chi connectivity index (χ0) is 37.4. The first-order valence-electron chi connectivity index (χ1n) is 14.5. The van der Waals surface area contributed by atoms with E-state index in [0.29, 0.717) is 0 Å². The Kier molecular flexibility index (Phi) is 14.4. The summed E-state index contributed by atoms with van der Waals surface area (Å²) in [7, 11) is -5.30. The van der Waals surface area contributed by atoms with Crippen LogP contribution in [0.3, 0.4) is 0 Å². The van der Waals surface area contributed by atoms with Gasteiger partial charge in [-0.2, -0.15) is 0 Å². The highest BCUT2D eigenvalue weighted by Gasteiger charge is 2.63. The van der Waals surface area contributed by atoms with Gasteiger partial charge < -0.3 is 47.4 Å². The molecule has 2 rings (SSSR count).